The third-order valence-corrected chi connectivity index (χ3v) is 3.18. The van der Waals surface area contributed by atoms with Crippen molar-refractivity contribution in [3.8, 4) is 5.75 Å². The quantitative estimate of drug-likeness (QED) is 0.612. The number of likely N-dealkylation sites (N-methyl/N-ethyl adjacent to an activating group) is 1. The molecule has 0 spiro atoms. The molecule has 0 atom stereocenters. The molecule has 0 aliphatic carbocycles. The summed E-state index contributed by atoms with van der Waals surface area (Å²) < 4.78 is 10.0. The molecular formula is C16H26ClN3O4. The minimum absolute atomic E-state index is 0. The average Bonchev–Trinajstić information content (AvgIpc) is 2.56. The van der Waals surface area contributed by atoms with Crippen molar-refractivity contribution in [1.29, 1.82) is 0 Å². The smallest absolute Gasteiger partial charge is 0.243 e. The van der Waals surface area contributed by atoms with Gasteiger partial charge in [0.1, 0.15) is 5.75 Å². The van der Waals surface area contributed by atoms with Crippen molar-refractivity contribution in [2.45, 2.75) is 6.92 Å². The molecule has 2 N–H and O–H groups in total. The molecule has 0 saturated carbocycles. The largest absolute Gasteiger partial charge is 0.497 e. The third-order valence-electron chi connectivity index (χ3n) is 3.18. The van der Waals surface area contributed by atoms with Gasteiger partial charge in [-0.3, -0.25) is 9.59 Å². The Labute approximate surface area is 149 Å². The molecule has 7 nitrogen and oxygen atoms in total. The van der Waals surface area contributed by atoms with Crippen LogP contribution in [0.15, 0.2) is 24.3 Å². The van der Waals surface area contributed by atoms with Gasteiger partial charge in [0.15, 0.2) is 0 Å². The zero-order chi connectivity index (χ0) is 17.1. The van der Waals surface area contributed by atoms with Crippen molar-refractivity contribution in [3.05, 3.63) is 24.3 Å². The molecule has 2 amide bonds. The van der Waals surface area contributed by atoms with Crippen LogP contribution in [0.4, 0.5) is 5.69 Å². The molecule has 136 valence electrons. The van der Waals surface area contributed by atoms with Gasteiger partial charge in [0.2, 0.25) is 11.8 Å². The second-order valence-electron chi connectivity index (χ2n) is 4.86. The molecule has 1 aromatic carbocycles. The number of carbonyl (C=O) groups is 2. The number of ether oxygens (including phenoxy) is 2. The third kappa shape index (κ3) is 8.14. The Morgan fingerprint density at radius 3 is 2.62 bits per heavy atom. The summed E-state index contributed by atoms with van der Waals surface area (Å²) in [7, 11) is 3.17. The Balaban J connectivity index is 0.00000529. The molecule has 0 bridgehead atoms. The van der Waals surface area contributed by atoms with Crippen LogP contribution >= 0.6 is 12.4 Å². The van der Waals surface area contributed by atoms with E-state index in [1.54, 1.807) is 38.5 Å². The van der Waals surface area contributed by atoms with Crippen LogP contribution < -0.4 is 15.4 Å². The predicted molar refractivity (Wildman–Crippen MR) is 95.9 cm³/mol. The normalized spacial score (nSPS) is 9.79. The summed E-state index contributed by atoms with van der Waals surface area (Å²) in [5.74, 6) is 0.295. The van der Waals surface area contributed by atoms with Crippen molar-refractivity contribution < 1.29 is 19.1 Å². The fraction of sp³-hybridized carbons (Fsp3) is 0.500. The van der Waals surface area contributed by atoms with Gasteiger partial charge in [-0.05, 0) is 19.1 Å². The zero-order valence-electron chi connectivity index (χ0n) is 14.3. The molecule has 8 heteroatoms. The van der Waals surface area contributed by atoms with Gasteiger partial charge in [0.25, 0.3) is 0 Å². The topological polar surface area (TPSA) is 79.9 Å². The summed E-state index contributed by atoms with van der Waals surface area (Å²) in [5.41, 5.74) is 0.635. The van der Waals surface area contributed by atoms with E-state index in [0.717, 1.165) is 0 Å². The summed E-state index contributed by atoms with van der Waals surface area (Å²) in [5, 5.41) is 5.73. The second-order valence-corrected chi connectivity index (χ2v) is 4.86. The van der Waals surface area contributed by atoms with E-state index in [2.05, 4.69) is 10.6 Å². The highest BCUT2D eigenvalue weighted by atomic mass is 35.5. The Morgan fingerprint density at radius 2 is 2.00 bits per heavy atom. The van der Waals surface area contributed by atoms with Crippen molar-refractivity contribution >= 4 is 29.9 Å². The number of methoxy groups -OCH3 is 2. The van der Waals surface area contributed by atoms with E-state index in [0.29, 0.717) is 31.1 Å². The lowest BCUT2D eigenvalue weighted by atomic mass is 10.3. The molecule has 0 radical (unpaired) electrons. The summed E-state index contributed by atoms with van der Waals surface area (Å²) in [6.45, 7) is 3.63. The van der Waals surface area contributed by atoms with Gasteiger partial charge < -0.3 is 25.0 Å². The van der Waals surface area contributed by atoms with Gasteiger partial charge in [-0.15, -0.1) is 12.4 Å². The van der Waals surface area contributed by atoms with E-state index < -0.39 is 0 Å². The van der Waals surface area contributed by atoms with Crippen molar-refractivity contribution in [2.24, 2.45) is 0 Å². The molecule has 0 saturated heterocycles. The molecular weight excluding hydrogens is 334 g/mol. The van der Waals surface area contributed by atoms with Gasteiger partial charge >= 0.3 is 0 Å². The second kappa shape index (κ2) is 12.6. The standard InChI is InChI=1S/C16H25N3O4.ClH/c1-4-19(16(21)11-17-8-9-22-2)12-15(20)18-13-6-5-7-14(10-13)23-3;/h5-7,10,17H,4,8-9,11-12H2,1-3H3,(H,18,20);1H. The van der Waals surface area contributed by atoms with Crippen LogP contribution in [0.25, 0.3) is 0 Å². The molecule has 0 heterocycles. The van der Waals surface area contributed by atoms with E-state index in [9.17, 15) is 9.59 Å². The van der Waals surface area contributed by atoms with E-state index in [4.69, 9.17) is 9.47 Å². The summed E-state index contributed by atoms with van der Waals surface area (Å²) in [6.07, 6.45) is 0. The number of benzene rings is 1. The monoisotopic (exact) mass is 359 g/mol. The minimum atomic E-state index is -0.245. The van der Waals surface area contributed by atoms with E-state index in [-0.39, 0.29) is 37.3 Å². The highest BCUT2D eigenvalue weighted by molar-refractivity contribution is 5.94. The van der Waals surface area contributed by atoms with Gasteiger partial charge in [0, 0.05) is 32.0 Å². The lowest BCUT2D eigenvalue weighted by molar-refractivity contribution is -0.133. The number of rotatable bonds is 10. The Kier molecular flexibility index (Phi) is 11.6. The SMILES string of the molecule is CCN(CC(=O)Nc1cccc(OC)c1)C(=O)CNCCOC.Cl. The Hall–Kier alpha value is -1.83. The number of anilines is 1. The van der Waals surface area contributed by atoms with Gasteiger partial charge in [-0.25, -0.2) is 0 Å². The first kappa shape index (κ1) is 22.2. The van der Waals surface area contributed by atoms with Gasteiger partial charge in [-0.1, -0.05) is 6.07 Å². The molecule has 0 aromatic heterocycles. The van der Waals surface area contributed by atoms with Crippen molar-refractivity contribution in [2.75, 3.05) is 52.3 Å². The number of carbonyl (C=O) groups excluding carboxylic acids is 2. The molecule has 1 aromatic rings. The average molecular weight is 360 g/mol. The van der Waals surface area contributed by atoms with Gasteiger partial charge in [-0.2, -0.15) is 0 Å². The zero-order valence-corrected chi connectivity index (χ0v) is 15.1. The fourth-order valence-corrected chi connectivity index (χ4v) is 1.93. The number of amides is 2. The summed E-state index contributed by atoms with van der Waals surface area (Å²) >= 11 is 0. The molecule has 0 fully saturated rings. The summed E-state index contributed by atoms with van der Waals surface area (Å²) in [4.78, 5) is 25.6. The molecule has 24 heavy (non-hydrogen) atoms. The maximum atomic E-state index is 12.1. The molecule has 0 aliphatic rings. The molecule has 1 rings (SSSR count). The number of nitrogens with one attached hydrogen (secondary N) is 2. The van der Waals surface area contributed by atoms with Crippen molar-refractivity contribution in [1.82, 2.24) is 10.2 Å². The van der Waals surface area contributed by atoms with Crippen LogP contribution in [0.3, 0.4) is 0 Å². The predicted octanol–water partition coefficient (Wildman–Crippen LogP) is 1.14. The van der Waals surface area contributed by atoms with Crippen LogP contribution in [0, 0.1) is 0 Å². The molecule has 0 aliphatic heterocycles. The number of hydrogen-bond acceptors (Lipinski definition) is 5. The van der Waals surface area contributed by atoms with Crippen LogP contribution in [0.5, 0.6) is 5.75 Å². The fourth-order valence-electron chi connectivity index (χ4n) is 1.93. The lowest BCUT2D eigenvalue weighted by Crippen LogP contribution is -2.42. The Bertz CT molecular complexity index is 514. The number of halogens is 1. The first-order valence-electron chi connectivity index (χ1n) is 7.52. The maximum Gasteiger partial charge on any atom is 0.243 e. The first-order chi connectivity index (χ1) is 11.1. The number of nitrogens with zero attached hydrogens (tertiary/aromatic N) is 1. The minimum Gasteiger partial charge on any atom is -0.497 e. The van der Waals surface area contributed by atoms with Crippen LogP contribution in [0.1, 0.15) is 6.92 Å². The lowest BCUT2D eigenvalue weighted by Gasteiger charge is -2.20. The van der Waals surface area contributed by atoms with Crippen LogP contribution in [0.2, 0.25) is 0 Å². The van der Waals surface area contributed by atoms with Crippen LogP contribution in [-0.4, -0.2) is 63.7 Å². The van der Waals surface area contributed by atoms with E-state index in [1.165, 1.54) is 4.90 Å². The summed E-state index contributed by atoms with van der Waals surface area (Å²) in [6, 6.07) is 7.08. The van der Waals surface area contributed by atoms with Crippen LogP contribution in [-0.2, 0) is 14.3 Å². The molecule has 0 unspecified atom stereocenters. The highest BCUT2D eigenvalue weighted by Crippen LogP contribution is 2.16. The number of hydrogen-bond donors (Lipinski definition) is 2. The van der Waals surface area contributed by atoms with E-state index in [1.807, 2.05) is 6.92 Å². The van der Waals surface area contributed by atoms with E-state index >= 15 is 0 Å². The first-order valence-corrected chi connectivity index (χ1v) is 7.52. The maximum absolute atomic E-state index is 12.1. The Morgan fingerprint density at radius 1 is 1.25 bits per heavy atom. The van der Waals surface area contributed by atoms with Gasteiger partial charge in [0.05, 0.1) is 26.8 Å². The van der Waals surface area contributed by atoms with Crippen molar-refractivity contribution in [3.63, 3.8) is 0 Å². The highest BCUT2D eigenvalue weighted by Gasteiger charge is 2.15.